The predicted molar refractivity (Wildman–Crippen MR) is 31.0 cm³/mol. The lowest BCUT2D eigenvalue weighted by molar-refractivity contribution is -0.427. The molecule has 0 rings (SSSR count). The van der Waals surface area contributed by atoms with Crippen molar-refractivity contribution >= 4 is 0 Å². The Hall–Kier alpha value is -0.860. The van der Waals surface area contributed by atoms with Crippen molar-refractivity contribution in [1.82, 2.24) is 0 Å². The van der Waals surface area contributed by atoms with E-state index in [1.807, 2.05) is 0 Å². The van der Waals surface area contributed by atoms with Gasteiger partial charge < -0.3 is 0 Å². The zero-order chi connectivity index (χ0) is 6.57. The summed E-state index contributed by atoms with van der Waals surface area (Å²) in [7, 11) is 0. The van der Waals surface area contributed by atoms with E-state index in [1.165, 1.54) is 6.08 Å². The Morgan fingerprint density at radius 1 is 1.88 bits per heavy atom. The molecule has 0 aromatic heterocycles. The topological polar surface area (TPSA) is 43.1 Å². The quantitative estimate of drug-likeness (QED) is 0.405. The van der Waals surface area contributed by atoms with E-state index in [-0.39, 0.29) is 10.6 Å². The average Bonchev–Trinajstić information content (AvgIpc) is 1.69. The van der Waals surface area contributed by atoms with E-state index in [0.717, 1.165) is 0 Å². The third-order valence-corrected chi connectivity index (χ3v) is 0.930. The molecule has 0 aliphatic rings. The molecule has 0 amide bonds. The molecule has 46 valence electrons. The minimum Gasteiger partial charge on any atom is -0.259 e. The highest BCUT2D eigenvalue weighted by Crippen LogP contribution is 1.98. The van der Waals surface area contributed by atoms with Crippen molar-refractivity contribution in [2.45, 2.75) is 20.3 Å². The van der Waals surface area contributed by atoms with Crippen LogP contribution in [0.3, 0.4) is 0 Å². The van der Waals surface area contributed by atoms with Crippen LogP contribution in [0.2, 0.25) is 0 Å². The molecule has 0 saturated carbocycles. The Bertz CT molecular complexity index is 118. The van der Waals surface area contributed by atoms with E-state index in [1.54, 1.807) is 13.8 Å². The molecule has 0 atom stereocenters. The van der Waals surface area contributed by atoms with Gasteiger partial charge in [-0.3, -0.25) is 10.1 Å². The molecule has 0 fully saturated rings. The van der Waals surface area contributed by atoms with Crippen LogP contribution >= 0.6 is 0 Å². The molecular weight excluding hydrogens is 106 g/mol. The van der Waals surface area contributed by atoms with Gasteiger partial charge in [-0.15, -0.1) is 0 Å². The summed E-state index contributed by atoms with van der Waals surface area (Å²) < 4.78 is 0. The van der Waals surface area contributed by atoms with Crippen molar-refractivity contribution in [3.63, 3.8) is 0 Å². The minimum absolute atomic E-state index is 0.282. The zero-order valence-corrected chi connectivity index (χ0v) is 5.05. The van der Waals surface area contributed by atoms with Gasteiger partial charge in [-0.05, 0) is 13.0 Å². The van der Waals surface area contributed by atoms with Gasteiger partial charge in [0.1, 0.15) is 0 Å². The van der Waals surface area contributed by atoms with Crippen LogP contribution in [-0.2, 0) is 0 Å². The Kier molecular flexibility index (Phi) is 2.84. The van der Waals surface area contributed by atoms with Crippen molar-refractivity contribution in [2.75, 3.05) is 0 Å². The SMILES string of the molecule is CC=C(CC)[N+](=O)[O-]. The maximum atomic E-state index is 9.90. The predicted octanol–water partition coefficient (Wildman–Crippen LogP) is 1.58. The highest BCUT2D eigenvalue weighted by atomic mass is 16.6. The van der Waals surface area contributed by atoms with Crippen molar-refractivity contribution in [2.24, 2.45) is 0 Å². The van der Waals surface area contributed by atoms with Gasteiger partial charge in [0.05, 0.1) is 4.92 Å². The van der Waals surface area contributed by atoms with Crippen LogP contribution in [-0.4, -0.2) is 4.92 Å². The maximum absolute atomic E-state index is 9.90. The van der Waals surface area contributed by atoms with Gasteiger partial charge in [-0.2, -0.15) is 0 Å². The normalized spacial score (nSPS) is 11.5. The monoisotopic (exact) mass is 115 g/mol. The second kappa shape index (κ2) is 3.18. The summed E-state index contributed by atoms with van der Waals surface area (Å²) in [6, 6.07) is 0. The number of hydrogen-bond donors (Lipinski definition) is 0. The van der Waals surface area contributed by atoms with E-state index in [9.17, 15) is 10.1 Å². The van der Waals surface area contributed by atoms with Gasteiger partial charge in [0, 0.05) is 6.42 Å². The fraction of sp³-hybridized carbons (Fsp3) is 0.600. The van der Waals surface area contributed by atoms with E-state index in [4.69, 9.17) is 0 Å². The van der Waals surface area contributed by atoms with Crippen LogP contribution in [0.15, 0.2) is 11.8 Å². The lowest BCUT2D eigenvalue weighted by atomic mass is 10.3. The molecule has 0 aromatic rings. The smallest absolute Gasteiger partial charge is 0.241 e. The molecule has 0 radical (unpaired) electrons. The molecular formula is C5H9NO2. The van der Waals surface area contributed by atoms with Crippen LogP contribution < -0.4 is 0 Å². The third-order valence-electron chi connectivity index (χ3n) is 0.930. The first-order valence-electron chi connectivity index (χ1n) is 2.52. The van der Waals surface area contributed by atoms with E-state index in [0.29, 0.717) is 6.42 Å². The number of allylic oxidation sites excluding steroid dienone is 2. The van der Waals surface area contributed by atoms with E-state index >= 15 is 0 Å². The van der Waals surface area contributed by atoms with Crippen LogP contribution in [0.1, 0.15) is 20.3 Å². The van der Waals surface area contributed by atoms with Crippen LogP contribution in [0.4, 0.5) is 0 Å². The molecule has 0 N–H and O–H groups in total. The van der Waals surface area contributed by atoms with Crippen molar-refractivity contribution < 1.29 is 4.92 Å². The van der Waals surface area contributed by atoms with Gasteiger partial charge in [0.25, 0.3) is 0 Å². The Morgan fingerprint density at radius 3 is 2.38 bits per heavy atom. The standard InChI is InChI=1S/C5H9NO2/c1-3-5(4-2)6(7)8/h3H,4H2,1-2H3. The third kappa shape index (κ3) is 1.73. The van der Waals surface area contributed by atoms with Gasteiger partial charge >= 0.3 is 0 Å². The zero-order valence-electron chi connectivity index (χ0n) is 5.05. The molecule has 3 heteroatoms. The molecule has 0 saturated heterocycles. The summed E-state index contributed by atoms with van der Waals surface area (Å²) in [5.74, 6) is 0. The molecule has 3 nitrogen and oxygen atoms in total. The van der Waals surface area contributed by atoms with Gasteiger partial charge in [-0.1, -0.05) is 6.92 Å². The molecule has 0 heterocycles. The summed E-state index contributed by atoms with van der Waals surface area (Å²) in [5.41, 5.74) is 0.282. The Balaban J connectivity index is 3.92. The average molecular weight is 115 g/mol. The summed E-state index contributed by atoms with van der Waals surface area (Å²) in [6.45, 7) is 3.43. The molecule has 8 heavy (non-hydrogen) atoms. The van der Waals surface area contributed by atoms with Crippen LogP contribution in [0.5, 0.6) is 0 Å². The van der Waals surface area contributed by atoms with Gasteiger partial charge in [0.2, 0.25) is 5.70 Å². The van der Waals surface area contributed by atoms with Crippen LogP contribution in [0, 0.1) is 10.1 Å². The molecule has 0 aliphatic heterocycles. The van der Waals surface area contributed by atoms with Crippen molar-refractivity contribution in [3.05, 3.63) is 21.9 Å². The number of hydrogen-bond acceptors (Lipinski definition) is 2. The highest BCUT2D eigenvalue weighted by Gasteiger charge is 2.01. The first-order chi connectivity index (χ1) is 3.72. The Labute approximate surface area is 48.2 Å². The summed E-state index contributed by atoms with van der Waals surface area (Å²) in [4.78, 5) is 9.54. The second-order valence-electron chi connectivity index (χ2n) is 1.39. The van der Waals surface area contributed by atoms with Crippen molar-refractivity contribution in [1.29, 1.82) is 0 Å². The summed E-state index contributed by atoms with van der Waals surface area (Å²) in [5, 5.41) is 9.90. The van der Waals surface area contributed by atoms with Gasteiger partial charge in [-0.25, -0.2) is 0 Å². The number of nitro groups is 1. The van der Waals surface area contributed by atoms with E-state index in [2.05, 4.69) is 0 Å². The molecule has 0 bridgehead atoms. The molecule has 0 spiro atoms. The fourth-order valence-corrected chi connectivity index (χ4v) is 0.439. The first kappa shape index (κ1) is 7.14. The van der Waals surface area contributed by atoms with Crippen molar-refractivity contribution in [3.8, 4) is 0 Å². The molecule has 0 aliphatic carbocycles. The lowest BCUT2D eigenvalue weighted by Crippen LogP contribution is -1.95. The van der Waals surface area contributed by atoms with Gasteiger partial charge in [0.15, 0.2) is 0 Å². The first-order valence-corrected chi connectivity index (χ1v) is 2.52. The lowest BCUT2D eigenvalue weighted by Gasteiger charge is -1.87. The van der Waals surface area contributed by atoms with E-state index < -0.39 is 0 Å². The number of nitrogens with zero attached hydrogens (tertiary/aromatic N) is 1. The maximum Gasteiger partial charge on any atom is 0.241 e. The largest absolute Gasteiger partial charge is 0.259 e. The minimum atomic E-state index is -0.361. The Morgan fingerprint density at radius 2 is 2.38 bits per heavy atom. The summed E-state index contributed by atoms with van der Waals surface area (Å²) in [6.07, 6.45) is 2.02. The summed E-state index contributed by atoms with van der Waals surface area (Å²) >= 11 is 0. The molecule has 0 unspecified atom stereocenters. The molecule has 0 aromatic carbocycles. The second-order valence-corrected chi connectivity index (χ2v) is 1.39. The fourth-order valence-electron chi connectivity index (χ4n) is 0.439. The number of rotatable bonds is 2. The van der Waals surface area contributed by atoms with Crippen LogP contribution in [0.25, 0.3) is 0 Å². The highest BCUT2D eigenvalue weighted by molar-refractivity contribution is 4.86.